The minimum atomic E-state index is 0.130. The van der Waals surface area contributed by atoms with Gasteiger partial charge in [0.25, 0.3) is 0 Å². The predicted molar refractivity (Wildman–Crippen MR) is 44.7 cm³/mol. The Morgan fingerprint density at radius 1 is 1.67 bits per heavy atom. The van der Waals surface area contributed by atoms with Gasteiger partial charge in [0.2, 0.25) is 0 Å². The van der Waals surface area contributed by atoms with Crippen LogP contribution in [0.1, 0.15) is 25.8 Å². The highest BCUT2D eigenvalue weighted by molar-refractivity contribution is 5.80. The van der Waals surface area contributed by atoms with Gasteiger partial charge in [0.15, 0.2) is 0 Å². The van der Waals surface area contributed by atoms with Crippen molar-refractivity contribution < 1.29 is 9.32 Å². The molecule has 0 aliphatic carbocycles. The highest BCUT2D eigenvalue weighted by Crippen LogP contribution is 2.05. The first-order chi connectivity index (χ1) is 5.70. The van der Waals surface area contributed by atoms with E-state index in [9.17, 15) is 4.79 Å². The van der Waals surface area contributed by atoms with E-state index in [4.69, 9.17) is 0 Å². The lowest BCUT2D eigenvalue weighted by molar-refractivity contribution is -0.121. The van der Waals surface area contributed by atoms with E-state index in [0.29, 0.717) is 6.42 Å². The number of hydrogen-bond donors (Lipinski definition) is 0. The average molecular weight is 167 g/mol. The third-order valence-corrected chi connectivity index (χ3v) is 1.79. The zero-order valence-electron chi connectivity index (χ0n) is 7.41. The van der Waals surface area contributed by atoms with Crippen LogP contribution in [0.3, 0.4) is 0 Å². The molecule has 1 aromatic heterocycles. The number of ketones is 1. The molecule has 3 heteroatoms. The molecule has 0 atom stereocenters. The molecule has 0 bridgehead atoms. The SMILES string of the molecule is CC(C)C(=O)CCc1cnoc1. The lowest BCUT2D eigenvalue weighted by Crippen LogP contribution is -2.07. The van der Waals surface area contributed by atoms with Crippen LogP contribution in [0.4, 0.5) is 0 Å². The van der Waals surface area contributed by atoms with Gasteiger partial charge in [-0.3, -0.25) is 4.79 Å². The fourth-order valence-corrected chi connectivity index (χ4v) is 0.906. The van der Waals surface area contributed by atoms with Crippen molar-refractivity contribution >= 4 is 5.78 Å². The fraction of sp³-hybridized carbons (Fsp3) is 0.556. The van der Waals surface area contributed by atoms with Crippen LogP contribution in [-0.2, 0) is 11.2 Å². The molecule has 1 rings (SSSR count). The molecule has 0 fully saturated rings. The summed E-state index contributed by atoms with van der Waals surface area (Å²) in [6.45, 7) is 3.83. The van der Waals surface area contributed by atoms with Crippen molar-refractivity contribution in [1.29, 1.82) is 0 Å². The summed E-state index contributed by atoms with van der Waals surface area (Å²) in [6.07, 6.45) is 4.54. The molecule has 0 saturated heterocycles. The first kappa shape index (κ1) is 8.97. The van der Waals surface area contributed by atoms with Gasteiger partial charge in [-0.15, -0.1) is 0 Å². The average Bonchev–Trinajstić information content (AvgIpc) is 2.51. The molecular formula is C9H13NO2. The Morgan fingerprint density at radius 3 is 2.92 bits per heavy atom. The van der Waals surface area contributed by atoms with Crippen LogP contribution in [0.15, 0.2) is 17.0 Å². The number of rotatable bonds is 4. The van der Waals surface area contributed by atoms with E-state index in [1.807, 2.05) is 13.8 Å². The maximum Gasteiger partial charge on any atom is 0.135 e. The van der Waals surface area contributed by atoms with Gasteiger partial charge in [-0.05, 0) is 6.42 Å². The van der Waals surface area contributed by atoms with E-state index < -0.39 is 0 Å². The second-order valence-electron chi connectivity index (χ2n) is 3.15. The summed E-state index contributed by atoms with van der Waals surface area (Å²) in [5, 5.41) is 3.56. The number of aryl methyl sites for hydroxylation is 1. The quantitative estimate of drug-likeness (QED) is 0.687. The van der Waals surface area contributed by atoms with Gasteiger partial charge < -0.3 is 4.52 Å². The Hall–Kier alpha value is -1.12. The Labute approximate surface area is 71.7 Å². The van der Waals surface area contributed by atoms with E-state index in [1.165, 1.54) is 0 Å². The first-order valence-electron chi connectivity index (χ1n) is 4.11. The van der Waals surface area contributed by atoms with Gasteiger partial charge in [-0.1, -0.05) is 19.0 Å². The van der Waals surface area contributed by atoms with Crippen molar-refractivity contribution in [2.45, 2.75) is 26.7 Å². The summed E-state index contributed by atoms with van der Waals surface area (Å²) in [6, 6.07) is 0. The van der Waals surface area contributed by atoms with Crippen molar-refractivity contribution in [1.82, 2.24) is 5.16 Å². The number of carbonyl (C=O) groups excluding carboxylic acids is 1. The molecule has 12 heavy (non-hydrogen) atoms. The van der Waals surface area contributed by atoms with Crippen LogP contribution < -0.4 is 0 Å². The van der Waals surface area contributed by atoms with Crippen LogP contribution in [0, 0.1) is 5.92 Å². The number of hydrogen-bond acceptors (Lipinski definition) is 3. The summed E-state index contributed by atoms with van der Waals surface area (Å²) < 4.78 is 4.65. The molecule has 1 heterocycles. The topological polar surface area (TPSA) is 43.1 Å². The lowest BCUT2D eigenvalue weighted by atomic mass is 10.0. The molecule has 0 amide bonds. The number of aromatic nitrogens is 1. The third-order valence-electron chi connectivity index (χ3n) is 1.79. The lowest BCUT2D eigenvalue weighted by Gasteiger charge is -2.00. The van der Waals surface area contributed by atoms with Gasteiger partial charge >= 0.3 is 0 Å². The largest absolute Gasteiger partial charge is 0.364 e. The maximum absolute atomic E-state index is 11.2. The molecule has 3 nitrogen and oxygen atoms in total. The monoisotopic (exact) mass is 167 g/mol. The minimum Gasteiger partial charge on any atom is -0.364 e. The Bertz CT molecular complexity index is 239. The molecule has 0 saturated carbocycles. The molecule has 0 spiro atoms. The first-order valence-corrected chi connectivity index (χ1v) is 4.11. The van der Waals surface area contributed by atoms with Crippen LogP contribution in [0.2, 0.25) is 0 Å². The molecule has 0 N–H and O–H groups in total. The van der Waals surface area contributed by atoms with E-state index in [0.717, 1.165) is 12.0 Å². The van der Waals surface area contributed by atoms with Gasteiger partial charge in [0.1, 0.15) is 12.0 Å². The zero-order chi connectivity index (χ0) is 8.97. The summed E-state index contributed by atoms with van der Waals surface area (Å²) in [7, 11) is 0. The molecule has 66 valence electrons. The second-order valence-corrected chi connectivity index (χ2v) is 3.15. The number of carbonyl (C=O) groups is 1. The van der Waals surface area contributed by atoms with Gasteiger partial charge in [-0.2, -0.15) is 0 Å². The highest BCUT2D eigenvalue weighted by Gasteiger charge is 2.07. The molecular weight excluding hydrogens is 154 g/mol. The van der Waals surface area contributed by atoms with E-state index >= 15 is 0 Å². The van der Waals surface area contributed by atoms with Crippen molar-refractivity contribution in [2.75, 3.05) is 0 Å². The summed E-state index contributed by atoms with van der Waals surface area (Å²) >= 11 is 0. The second kappa shape index (κ2) is 4.04. The van der Waals surface area contributed by atoms with E-state index in [1.54, 1.807) is 12.5 Å². The van der Waals surface area contributed by atoms with Crippen molar-refractivity contribution in [3.8, 4) is 0 Å². The standard InChI is InChI=1S/C9H13NO2/c1-7(2)9(11)4-3-8-5-10-12-6-8/h5-7H,3-4H2,1-2H3. The Kier molecular flexibility index (Phi) is 3.02. The Morgan fingerprint density at radius 2 is 2.42 bits per heavy atom. The van der Waals surface area contributed by atoms with Crippen LogP contribution in [0.5, 0.6) is 0 Å². The third kappa shape index (κ3) is 2.49. The minimum absolute atomic E-state index is 0.130. The van der Waals surface area contributed by atoms with Crippen LogP contribution >= 0.6 is 0 Å². The molecule has 0 unspecified atom stereocenters. The van der Waals surface area contributed by atoms with Crippen LogP contribution in [0.25, 0.3) is 0 Å². The summed E-state index contributed by atoms with van der Waals surface area (Å²) in [5.74, 6) is 0.418. The zero-order valence-corrected chi connectivity index (χ0v) is 7.41. The maximum atomic E-state index is 11.2. The summed E-state index contributed by atoms with van der Waals surface area (Å²) in [4.78, 5) is 11.2. The molecule has 1 aromatic rings. The molecule has 0 aliphatic rings. The van der Waals surface area contributed by atoms with E-state index in [-0.39, 0.29) is 11.7 Å². The number of Topliss-reactive ketones (excluding diaryl/α,β-unsaturated/α-hetero) is 1. The van der Waals surface area contributed by atoms with Gasteiger partial charge in [0, 0.05) is 17.9 Å². The van der Waals surface area contributed by atoms with Gasteiger partial charge in [-0.25, -0.2) is 0 Å². The predicted octanol–water partition coefficient (Wildman–Crippen LogP) is 1.83. The van der Waals surface area contributed by atoms with Crippen molar-refractivity contribution in [2.24, 2.45) is 5.92 Å². The summed E-state index contributed by atoms with van der Waals surface area (Å²) in [5.41, 5.74) is 0.990. The van der Waals surface area contributed by atoms with Crippen LogP contribution in [-0.4, -0.2) is 10.9 Å². The van der Waals surface area contributed by atoms with Crippen molar-refractivity contribution in [3.63, 3.8) is 0 Å². The normalized spacial score (nSPS) is 10.6. The highest BCUT2D eigenvalue weighted by atomic mass is 16.5. The molecule has 0 radical (unpaired) electrons. The van der Waals surface area contributed by atoms with Gasteiger partial charge in [0.05, 0.1) is 6.20 Å². The number of nitrogens with zero attached hydrogens (tertiary/aromatic N) is 1. The fourth-order valence-electron chi connectivity index (χ4n) is 0.906. The van der Waals surface area contributed by atoms with Crippen molar-refractivity contribution in [3.05, 3.63) is 18.0 Å². The Balaban J connectivity index is 2.32. The molecule has 0 aromatic carbocycles. The molecule has 0 aliphatic heterocycles. The van der Waals surface area contributed by atoms with E-state index in [2.05, 4.69) is 9.68 Å². The smallest absolute Gasteiger partial charge is 0.135 e.